The predicted molar refractivity (Wildman–Crippen MR) is 71.5 cm³/mol. The lowest BCUT2D eigenvalue weighted by Crippen LogP contribution is -2.03. The second-order valence-corrected chi connectivity index (χ2v) is 6.14. The minimum absolute atomic E-state index is 0.0377. The average Bonchev–Trinajstić information content (AvgIpc) is 2.68. The lowest BCUT2D eigenvalue weighted by molar-refractivity contribution is 0.0992. The van der Waals surface area contributed by atoms with Crippen LogP contribution in [-0.4, -0.2) is 5.78 Å². The molecule has 0 N–H and O–H groups in total. The molecule has 2 rings (SSSR count). The summed E-state index contributed by atoms with van der Waals surface area (Å²) in [7, 11) is 0. The van der Waals surface area contributed by atoms with Gasteiger partial charge >= 0.3 is 0 Å². The maximum absolute atomic E-state index is 13.3. The summed E-state index contributed by atoms with van der Waals surface area (Å²) in [5, 5.41) is 1.81. The highest BCUT2D eigenvalue weighted by Gasteiger charge is 2.11. The van der Waals surface area contributed by atoms with E-state index < -0.39 is 0 Å². The van der Waals surface area contributed by atoms with Gasteiger partial charge in [0.15, 0.2) is 5.78 Å². The van der Waals surface area contributed by atoms with E-state index in [9.17, 15) is 9.18 Å². The highest BCUT2D eigenvalue weighted by Crippen LogP contribution is 2.19. The summed E-state index contributed by atoms with van der Waals surface area (Å²) >= 11 is 3.68. The Morgan fingerprint density at radius 3 is 2.75 bits per heavy atom. The fourth-order valence-corrected chi connectivity index (χ4v) is 2.72. The van der Waals surface area contributed by atoms with E-state index >= 15 is 0 Å². The number of carbonyl (C=O) groups is 1. The molecule has 1 aromatic carbocycles. The fourth-order valence-electron chi connectivity index (χ4n) is 1.37. The van der Waals surface area contributed by atoms with Gasteiger partial charge < -0.3 is 0 Å². The summed E-state index contributed by atoms with van der Waals surface area (Å²) in [4.78, 5) is 11.8. The minimum Gasteiger partial charge on any atom is -0.294 e. The Morgan fingerprint density at radius 1 is 1.38 bits per heavy atom. The summed E-state index contributed by atoms with van der Waals surface area (Å²) in [6, 6.07) is 8.21. The molecule has 4 heteroatoms. The normalized spacial score (nSPS) is 10.4. The summed E-state index contributed by atoms with van der Waals surface area (Å²) in [5.74, 6) is -0.356. The Balaban J connectivity index is 2.17. The lowest BCUT2D eigenvalue weighted by atomic mass is 10.1. The maximum Gasteiger partial charge on any atom is 0.168 e. The number of Topliss-reactive ketones (excluding diaryl/α,β-unsaturated/α-hetero) is 1. The summed E-state index contributed by atoms with van der Waals surface area (Å²) in [6.45, 7) is 0. The van der Waals surface area contributed by atoms with Crippen molar-refractivity contribution >= 4 is 39.7 Å². The number of rotatable bonds is 3. The van der Waals surface area contributed by atoms with Crippen molar-refractivity contribution in [1.82, 2.24) is 0 Å². The lowest BCUT2D eigenvalue weighted by Gasteiger charge is -2.00. The Hall–Kier alpha value is -0.750. The van der Waals surface area contributed by atoms with Crippen LogP contribution in [0.1, 0.15) is 15.9 Å². The molecule has 1 heterocycles. The van der Waals surface area contributed by atoms with Crippen molar-refractivity contribution < 1.29 is 9.18 Å². The molecule has 0 saturated heterocycles. The molecule has 0 aliphatic rings. The van der Waals surface area contributed by atoms with Crippen LogP contribution in [0.25, 0.3) is 0 Å². The van der Waals surface area contributed by atoms with Crippen LogP contribution in [0.2, 0.25) is 0 Å². The molecule has 0 unspecified atom stereocenters. The maximum atomic E-state index is 13.3. The van der Waals surface area contributed by atoms with E-state index in [1.165, 1.54) is 17.4 Å². The highest BCUT2D eigenvalue weighted by molar-refractivity contribution is 14.1. The first kappa shape index (κ1) is 11.7. The highest BCUT2D eigenvalue weighted by atomic mass is 127. The number of thiophene rings is 1. The monoisotopic (exact) mass is 346 g/mol. The van der Waals surface area contributed by atoms with Gasteiger partial charge in [0.05, 0.1) is 2.88 Å². The third-order valence-electron chi connectivity index (χ3n) is 2.20. The van der Waals surface area contributed by atoms with Crippen LogP contribution in [0.15, 0.2) is 35.7 Å². The topological polar surface area (TPSA) is 17.1 Å². The quantitative estimate of drug-likeness (QED) is 0.608. The van der Waals surface area contributed by atoms with Gasteiger partial charge in [-0.05, 0) is 40.3 Å². The summed E-state index contributed by atoms with van der Waals surface area (Å²) in [6.07, 6.45) is 0.124. The standard InChI is InChI=1S/C12H8FIOS/c13-10-4-2-1-3-8(10)5-11(15)9-6-12(14)16-7-9/h1-4,6-7H,5H2. The zero-order valence-electron chi connectivity index (χ0n) is 8.24. The first-order valence-electron chi connectivity index (χ1n) is 4.67. The van der Waals surface area contributed by atoms with E-state index in [1.54, 1.807) is 18.2 Å². The molecule has 82 valence electrons. The van der Waals surface area contributed by atoms with E-state index in [1.807, 2.05) is 11.4 Å². The van der Waals surface area contributed by atoms with Gasteiger partial charge in [-0.3, -0.25) is 4.79 Å². The van der Waals surface area contributed by atoms with E-state index in [0.29, 0.717) is 11.1 Å². The van der Waals surface area contributed by atoms with Crippen molar-refractivity contribution in [2.24, 2.45) is 0 Å². The Labute approximate surface area is 110 Å². The zero-order valence-corrected chi connectivity index (χ0v) is 11.2. The van der Waals surface area contributed by atoms with Gasteiger partial charge in [0.1, 0.15) is 5.82 Å². The summed E-state index contributed by atoms with van der Waals surface area (Å²) < 4.78 is 14.4. The molecule has 0 aliphatic carbocycles. The SMILES string of the molecule is O=C(Cc1ccccc1F)c1csc(I)c1. The zero-order chi connectivity index (χ0) is 11.5. The van der Waals surface area contributed by atoms with Gasteiger partial charge in [-0.1, -0.05) is 18.2 Å². The number of hydrogen-bond acceptors (Lipinski definition) is 2. The summed E-state index contributed by atoms with van der Waals surface area (Å²) in [5.41, 5.74) is 1.12. The van der Waals surface area contributed by atoms with Crippen molar-refractivity contribution in [2.45, 2.75) is 6.42 Å². The van der Waals surface area contributed by atoms with Crippen LogP contribution in [0, 0.1) is 8.70 Å². The molecular weight excluding hydrogens is 338 g/mol. The van der Waals surface area contributed by atoms with E-state index in [4.69, 9.17) is 0 Å². The third kappa shape index (κ3) is 2.68. The van der Waals surface area contributed by atoms with Crippen LogP contribution in [0.4, 0.5) is 4.39 Å². The molecule has 2 aromatic rings. The van der Waals surface area contributed by atoms with Gasteiger partial charge in [-0.15, -0.1) is 11.3 Å². The first-order chi connectivity index (χ1) is 7.66. The molecule has 1 nitrogen and oxygen atoms in total. The smallest absolute Gasteiger partial charge is 0.168 e. The van der Waals surface area contributed by atoms with E-state index in [-0.39, 0.29) is 18.0 Å². The van der Waals surface area contributed by atoms with Gasteiger partial charge in [0, 0.05) is 17.4 Å². The van der Waals surface area contributed by atoms with Gasteiger partial charge in [0.2, 0.25) is 0 Å². The van der Waals surface area contributed by atoms with Crippen molar-refractivity contribution in [2.75, 3.05) is 0 Å². The predicted octanol–water partition coefficient (Wildman–Crippen LogP) is 3.92. The molecule has 0 saturated carbocycles. The Kier molecular flexibility index (Phi) is 3.70. The third-order valence-corrected chi connectivity index (χ3v) is 3.99. The van der Waals surface area contributed by atoms with Crippen molar-refractivity contribution in [3.8, 4) is 0 Å². The first-order valence-corrected chi connectivity index (χ1v) is 6.63. The van der Waals surface area contributed by atoms with Crippen molar-refractivity contribution in [3.63, 3.8) is 0 Å². The molecule has 1 aromatic heterocycles. The average molecular weight is 346 g/mol. The van der Waals surface area contributed by atoms with Gasteiger partial charge in [-0.25, -0.2) is 4.39 Å². The number of benzene rings is 1. The van der Waals surface area contributed by atoms with Crippen molar-refractivity contribution in [1.29, 1.82) is 0 Å². The molecular formula is C12H8FIOS. The van der Waals surface area contributed by atoms with Crippen molar-refractivity contribution in [3.05, 3.63) is 55.5 Å². The fraction of sp³-hybridized carbons (Fsp3) is 0.0833. The second-order valence-electron chi connectivity index (χ2n) is 3.33. The van der Waals surface area contributed by atoms with Crippen LogP contribution in [0.3, 0.4) is 0 Å². The number of ketones is 1. The molecule has 16 heavy (non-hydrogen) atoms. The van der Waals surface area contributed by atoms with Crippen LogP contribution < -0.4 is 0 Å². The van der Waals surface area contributed by atoms with E-state index in [2.05, 4.69) is 22.6 Å². The number of carbonyl (C=O) groups excluding carboxylic acids is 1. The van der Waals surface area contributed by atoms with E-state index in [0.717, 1.165) is 2.88 Å². The second kappa shape index (κ2) is 5.05. The largest absolute Gasteiger partial charge is 0.294 e. The van der Waals surface area contributed by atoms with Gasteiger partial charge in [0.25, 0.3) is 0 Å². The number of hydrogen-bond donors (Lipinski definition) is 0. The molecule has 0 bridgehead atoms. The van der Waals surface area contributed by atoms with Crippen LogP contribution in [0.5, 0.6) is 0 Å². The molecule has 0 amide bonds. The Morgan fingerprint density at radius 2 is 2.12 bits per heavy atom. The van der Waals surface area contributed by atoms with Gasteiger partial charge in [-0.2, -0.15) is 0 Å². The minimum atomic E-state index is -0.319. The molecule has 0 fully saturated rings. The molecule has 0 spiro atoms. The van der Waals surface area contributed by atoms with Crippen LogP contribution in [-0.2, 0) is 6.42 Å². The molecule has 0 aliphatic heterocycles. The molecule has 0 radical (unpaired) electrons. The molecule has 0 atom stereocenters. The number of halogens is 2. The van der Waals surface area contributed by atoms with Crippen LogP contribution >= 0.6 is 33.9 Å². The Bertz CT molecular complexity index is 521.